The lowest BCUT2D eigenvalue weighted by atomic mass is 10.2. The van der Waals surface area contributed by atoms with Crippen molar-refractivity contribution in [2.75, 3.05) is 6.61 Å². The summed E-state index contributed by atoms with van der Waals surface area (Å²) < 4.78 is 5.51. The molecule has 1 aromatic carbocycles. The lowest BCUT2D eigenvalue weighted by Crippen LogP contribution is -1.98. The molecule has 0 aromatic heterocycles. The van der Waals surface area contributed by atoms with E-state index >= 15 is 0 Å². The summed E-state index contributed by atoms with van der Waals surface area (Å²) in [6.45, 7) is 4.63. The zero-order valence-electron chi connectivity index (χ0n) is 10.5. The van der Waals surface area contributed by atoms with Crippen LogP contribution in [0.3, 0.4) is 0 Å². The molecule has 4 heteroatoms. The molecule has 3 N–H and O–H groups in total. The maximum atomic E-state index is 9.00. The fourth-order valence-corrected chi connectivity index (χ4v) is 1.06. The highest BCUT2D eigenvalue weighted by molar-refractivity contribution is 5.62. The number of ether oxygens (including phenoxy) is 1. The monoisotopic (exact) mass is 239 g/mol. The van der Waals surface area contributed by atoms with E-state index in [2.05, 4.69) is 6.92 Å². The summed E-state index contributed by atoms with van der Waals surface area (Å²) in [6.07, 6.45) is 2.28. The number of unbranched alkanes of at least 4 members (excludes halogenated alkanes) is 1. The number of carboxylic acids is 1. The normalized spacial score (nSPS) is 9.12. The van der Waals surface area contributed by atoms with Gasteiger partial charge in [-0.1, -0.05) is 25.5 Å². The van der Waals surface area contributed by atoms with Crippen LogP contribution in [0, 0.1) is 0 Å². The molecule has 0 saturated heterocycles. The lowest BCUT2D eigenvalue weighted by molar-refractivity contribution is -0.134. The van der Waals surface area contributed by atoms with Gasteiger partial charge in [0.1, 0.15) is 5.75 Å². The van der Waals surface area contributed by atoms with Crippen molar-refractivity contribution >= 4 is 5.97 Å². The third kappa shape index (κ3) is 9.38. The van der Waals surface area contributed by atoms with Crippen molar-refractivity contribution in [3.05, 3.63) is 29.8 Å². The first-order valence-corrected chi connectivity index (χ1v) is 5.71. The molecule has 0 fully saturated rings. The minimum absolute atomic E-state index is 0.592. The third-order valence-electron chi connectivity index (χ3n) is 1.93. The Labute approximate surface area is 102 Å². The van der Waals surface area contributed by atoms with Gasteiger partial charge < -0.3 is 15.6 Å². The summed E-state index contributed by atoms with van der Waals surface area (Å²) in [5.41, 5.74) is 6.62. The van der Waals surface area contributed by atoms with Crippen molar-refractivity contribution in [1.82, 2.24) is 0 Å². The Kier molecular flexibility index (Phi) is 8.78. The molecule has 0 heterocycles. The molecular weight excluding hydrogens is 218 g/mol. The summed E-state index contributed by atoms with van der Waals surface area (Å²) in [5.74, 6) is 0.102. The second kappa shape index (κ2) is 9.66. The molecule has 96 valence electrons. The molecule has 0 aliphatic heterocycles. The van der Waals surface area contributed by atoms with Crippen molar-refractivity contribution in [2.24, 2.45) is 5.73 Å². The zero-order valence-corrected chi connectivity index (χ0v) is 10.5. The molecule has 1 rings (SSSR count). The zero-order chi connectivity index (χ0) is 13.1. The Hall–Kier alpha value is -1.55. The largest absolute Gasteiger partial charge is 0.494 e. The van der Waals surface area contributed by atoms with Crippen LogP contribution in [0.2, 0.25) is 0 Å². The number of hydrogen-bond acceptors (Lipinski definition) is 3. The van der Waals surface area contributed by atoms with Crippen LogP contribution in [0.1, 0.15) is 32.3 Å². The van der Waals surface area contributed by atoms with Crippen LogP contribution in [-0.2, 0) is 11.3 Å². The summed E-state index contributed by atoms with van der Waals surface area (Å²) in [7, 11) is 0. The summed E-state index contributed by atoms with van der Waals surface area (Å²) in [5, 5.41) is 7.42. The van der Waals surface area contributed by atoms with E-state index in [1.165, 1.54) is 6.42 Å². The predicted molar refractivity (Wildman–Crippen MR) is 68.0 cm³/mol. The molecule has 0 amide bonds. The Bertz CT molecular complexity index is 305. The van der Waals surface area contributed by atoms with E-state index in [-0.39, 0.29) is 0 Å². The highest BCUT2D eigenvalue weighted by atomic mass is 16.5. The molecule has 1 aromatic rings. The van der Waals surface area contributed by atoms with Gasteiger partial charge >= 0.3 is 0 Å². The van der Waals surface area contributed by atoms with Gasteiger partial charge in [-0.05, 0) is 24.1 Å². The number of nitrogens with two attached hydrogens (primary N) is 1. The first-order valence-electron chi connectivity index (χ1n) is 5.71. The molecule has 0 bridgehead atoms. The summed E-state index contributed by atoms with van der Waals surface area (Å²) in [6, 6.07) is 7.94. The number of hydrogen-bond donors (Lipinski definition) is 2. The molecule has 0 spiro atoms. The summed E-state index contributed by atoms with van der Waals surface area (Å²) in [4.78, 5) is 9.00. The van der Waals surface area contributed by atoms with Crippen LogP contribution < -0.4 is 10.5 Å². The Balaban J connectivity index is 0.000000557. The second-order valence-corrected chi connectivity index (χ2v) is 3.57. The first kappa shape index (κ1) is 15.4. The molecular formula is C13H21NO3. The molecule has 4 nitrogen and oxygen atoms in total. The van der Waals surface area contributed by atoms with E-state index in [1.54, 1.807) is 0 Å². The van der Waals surface area contributed by atoms with Gasteiger partial charge in [-0.25, -0.2) is 0 Å². The van der Waals surface area contributed by atoms with E-state index in [4.69, 9.17) is 20.4 Å². The number of benzene rings is 1. The molecule has 17 heavy (non-hydrogen) atoms. The Morgan fingerprint density at radius 3 is 2.29 bits per heavy atom. The van der Waals surface area contributed by atoms with Gasteiger partial charge in [0.05, 0.1) is 6.61 Å². The molecule has 0 saturated carbocycles. The van der Waals surface area contributed by atoms with Crippen molar-refractivity contribution in [2.45, 2.75) is 33.2 Å². The maximum absolute atomic E-state index is 9.00. The molecule has 0 radical (unpaired) electrons. The minimum Gasteiger partial charge on any atom is -0.494 e. The van der Waals surface area contributed by atoms with E-state index in [0.717, 1.165) is 31.3 Å². The highest BCUT2D eigenvalue weighted by Crippen LogP contribution is 2.11. The average molecular weight is 239 g/mol. The van der Waals surface area contributed by atoms with Crippen LogP contribution in [-0.4, -0.2) is 17.7 Å². The quantitative estimate of drug-likeness (QED) is 0.774. The van der Waals surface area contributed by atoms with E-state index in [1.807, 2.05) is 24.3 Å². The topological polar surface area (TPSA) is 72.5 Å². The Morgan fingerprint density at radius 2 is 1.88 bits per heavy atom. The van der Waals surface area contributed by atoms with Gasteiger partial charge in [0.25, 0.3) is 5.97 Å². The molecule has 0 aliphatic rings. The van der Waals surface area contributed by atoms with Gasteiger partial charge in [0.15, 0.2) is 0 Å². The maximum Gasteiger partial charge on any atom is 0.300 e. The highest BCUT2D eigenvalue weighted by Gasteiger charge is 1.93. The van der Waals surface area contributed by atoms with E-state index < -0.39 is 5.97 Å². The van der Waals surface area contributed by atoms with Crippen molar-refractivity contribution in [1.29, 1.82) is 0 Å². The van der Waals surface area contributed by atoms with Crippen molar-refractivity contribution < 1.29 is 14.6 Å². The number of carbonyl (C=O) groups is 1. The number of carboxylic acid groups (broad SMARTS) is 1. The van der Waals surface area contributed by atoms with E-state index in [9.17, 15) is 0 Å². The van der Waals surface area contributed by atoms with Gasteiger partial charge in [0.2, 0.25) is 0 Å². The fourth-order valence-electron chi connectivity index (χ4n) is 1.06. The fraction of sp³-hybridized carbons (Fsp3) is 0.462. The van der Waals surface area contributed by atoms with Crippen LogP contribution in [0.4, 0.5) is 0 Å². The lowest BCUT2D eigenvalue weighted by Gasteiger charge is -2.05. The van der Waals surface area contributed by atoms with Crippen LogP contribution in [0.5, 0.6) is 5.75 Å². The smallest absolute Gasteiger partial charge is 0.300 e. The summed E-state index contributed by atoms with van der Waals surface area (Å²) >= 11 is 0. The first-order chi connectivity index (χ1) is 8.10. The van der Waals surface area contributed by atoms with E-state index in [0.29, 0.717) is 6.54 Å². The molecule has 0 aliphatic carbocycles. The van der Waals surface area contributed by atoms with Crippen LogP contribution >= 0.6 is 0 Å². The van der Waals surface area contributed by atoms with Gasteiger partial charge in [-0.2, -0.15) is 0 Å². The average Bonchev–Trinajstić information content (AvgIpc) is 2.30. The SMILES string of the molecule is CC(=O)O.CCCCOc1ccc(CN)cc1. The van der Waals surface area contributed by atoms with Crippen molar-refractivity contribution in [3.8, 4) is 5.75 Å². The number of rotatable bonds is 5. The molecule has 0 atom stereocenters. The minimum atomic E-state index is -0.833. The third-order valence-corrected chi connectivity index (χ3v) is 1.93. The second-order valence-electron chi connectivity index (χ2n) is 3.57. The van der Waals surface area contributed by atoms with Crippen molar-refractivity contribution in [3.63, 3.8) is 0 Å². The van der Waals surface area contributed by atoms with Crippen LogP contribution in [0.15, 0.2) is 24.3 Å². The molecule has 0 unspecified atom stereocenters. The predicted octanol–water partition coefficient (Wildman–Crippen LogP) is 2.42. The number of aliphatic carboxylic acids is 1. The van der Waals surface area contributed by atoms with Gasteiger partial charge in [0, 0.05) is 13.5 Å². The van der Waals surface area contributed by atoms with Gasteiger partial charge in [-0.15, -0.1) is 0 Å². The standard InChI is InChI=1S/C11H17NO.C2H4O2/c1-2-3-8-13-11-6-4-10(9-12)5-7-11;1-2(3)4/h4-7H,2-3,8-9,12H2,1H3;1H3,(H,3,4). The Morgan fingerprint density at radius 1 is 1.35 bits per heavy atom. The van der Waals surface area contributed by atoms with Gasteiger partial charge in [-0.3, -0.25) is 4.79 Å². The van der Waals surface area contributed by atoms with Crippen LogP contribution in [0.25, 0.3) is 0 Å².